The second kappa shape index (κ2) is 7.70. The van der Waals surface area contributed by atoms with Crippen LogP contribution < -0.4 is 10.1 Å². The van der Waals surface area contributed by atoms with E-state index in [4.69, 9.17) is 9.47 Å². The Bertz CT molecular complexity index is 574. The fourth-order valence-corrected chi connectivity index (χ4v) is 1.79. The summed E-state index contributed by atoms with van der Waals surface area (Å²) in [5.74, 6) is -0.175. The summed E-state index contributed by atoms with van der Waals surface area (Å²) in [6.07, 6.45) is 1.73. The Hall–Kier alpha value is -1.99. The highest BCUT2D eigenvalue weighted by Crippen LogP contribution is 2.19. The van der Waals surface area contributed by atoms with E-state index in [1.165, 1.54) is 6.07 Å². The van der Waals surface area contributed by atoms with Crippen molar-refractivity contribution in [3.05, 3.63) is 41.5 Å². The summed E-state index contributed by atoms with van der Waals surface area (Å²) in [7, 11) is 3.41. The lowest BCUT2D eigenvalue weighted by atomic mass is 10.2. The van der Waals surface area contributed by atoms with Gasteiger partial charge in [0.05, 0.1) is 12.8 Å². The zero-order valence-corrected chi connectivity index (χ0v) is 12.2. The Kier molecular flexibility index (Phi) is 5.65. The van der Waals surface area contributed by atoms with Crippen molar-refractivity contribution in [2.45, 2.75) is 13.2 Å². The normalized spacial score (nSPS) is 10.8. The van der Waals surface area contributed by atoms with Crippen LogP contribution in [0.4, 0.5) is 4.39 Å². The highest BCUT2D eigenvalue weighted by molar-refractivity contribution is 5.29. The highest BCUT2D eigenvalue weighted by Gasteiger charge is 2.06. The predicted octanol–water partition coefficient (Wildman–Crippen LogP) is 1.27. The first kappa shape index (κ1) is 15.4. The minimum Gasteiger partial charge on any atom is -0.484 e. The molecule has 0 amide bonds. The second-order valence-electron chi connectivity index (χ2n) is 4.61. The first-order chi connectivity index (χ1) is 10.2. The van der Waals surface area contributed by atoms with Gasteiger partial charge >= 0.3 is 0 Å². The molecule has 0 spiro atoms. The summed E-state index contributed by atoms with van der Waals surface area (Å²) < 4.78 is 25.8. The van der Waals surface area contributed by atoms with Gasteiger partial charge in [-0.1, -0.05) is 11.3 Å². The van der Waals surface area contributed by atoms with Crippen LogP contribution in [0.1, 0.15) is 11.3 Å². The van der Waals surface area contributed by atoms with Crippen molar-refractivity contribution >= 4 is 0 Å². The number of nitrogens with zero attached hydrogens (tertiary/aromatic N) is 3. The van der Waals surface area contributed by atoms with Crippen molar-refractivity contribution < 1.29 is 13.9 Å². The second-order valence-corrected chi connectivity index (χ2v) is 4.61. The summed E-state index contributed by atoms with van der Waals surface area (Å²) in [6, 6.07) is 4.92. The molecule has 21 heavy (non-hydrogen) atoms. The molecule has 0 aliphatic rings. The van der Waals surface area contributed by atoms with Crippen molar-refractivity contribution in [3.8, 4) is 5.75 Å². The van der Waals surface area contributed by atoms with E-state index in [2.05, 4.69) is 15.6 Å². The smallest absolute Gasteiger partial charge is 0.165 e. The molecular formula is C14H19FN4O2. The molecule has 0 saturated carbocycles. The number of aryl methyl sites for hydroxylation is 1. The number of rotatable bonds is 8. The lowest BCUT2D eigenvalue weighted by molar-refractivity contribution is 0.199. The molecule has 0 atom stereocenters. The molecule has 0 aliphatic carbocycles. The molecule has 0 fully saturated rings. The summed E-state index contributed by atoms with van der Waals surface area (Å²) in [6.45, 7) is 2.13. The number of ether oxygens (including phenoxy) is 2. The lowest BCUT2D eigenvalue weighted by Gasteiger charge is -2.08. The third-order valence-corrected chi connectivity index (χ3v) is 2.83. The van der Waals surface area contributed by atoms with Gasteiger partial charge in [0.1, 0.15) is 12.3 Å². The third kappa shape index (κ3) is 4.80. The van der Waals surface area contributed by atoms with Gasteiger partial charge in [-0.2, -0.15) is 0 Å². The van der Waals surface area contributed by atoms with Gasteiger partial charge in [-0.3, -0.25) is 4.68 Å². The summed E-state index contributed by atoms with van der Waals surface area (Å²) in [5.41, 5.74) is 1.51. The van der Waals surface area contributed by atoms with E-state index in [1.54, 1.807) is 31.1 Å². The van der Waals surface area contributed by atoms with E-state index in [0.717, 1.165) is 12.1 Å². The molecule has 7 heteroatoms. The number of aromatic nitrogens is 3. The molecule has 0 bridgehead atoms. The lowest BCUT2D eigenvalue weighted by Crippen LogP contribution is -2.18. The van der Waals surface area contributed by atoms with E-state index in [0.29, 0.717) is 18.8 Å². The molecule has 0 saturated heterocycles. The fourth-order valence-electron chi connectivity index (χ4n) is 1.79. The van der Waals surface area contributed by atoms with Gasteiger partial charge < -0.3 is 14.8 Å². The molecule has 0 aliphatic heterocycles. The molecule has 6 nitrogen and oxygen atoms in total. The zero-order chi connectivity index (χ0) is 15.1. The van der Waals surface area contributed by atoms with Crippen LogP contribution in [0.15, 0.2) is 24.4 Å². The SMILES string of the molecule is COCCNCc1ccc(OCc2cn(C)nn2)c(F)c1. The van der Waals surface area contributed by atoms with Crippen LogP contribution in [0.2, 0.25) is 0 Å². The summed E-state index contributed by atoms with van der Waals surface area (Å²) >= 11 is 0. The summed E-state index contributed by atoms with van der Waals surface area (Å²) in [4.78, 5) is 0. The molecule has 1 aromatic heterocycles. The minimum atomic E-state index is -0.384. The van der Waals surface area contributed by atoms with Crippen LogP contribution in [-0.4, -0.2) is 35.3 Å². The number of hydrogen-bond acceptors (Lipinski definition) is 5. The van der Waals surface area contributed by atoms with Crippen molar-refractivity contribution in [1.29, 1.82) is 0 Å². The maximum absolute atomic E-state index is 13.9. The quantitative estimate of drug-likeness (QED) is 0.743. The molecule has 0 radical (unpaired) electrons. The molecule has 1 heterocycles. The van der Waals surface area contributed by atoms with E-state index in [-0.39, 0.29) is 18.2 Å². The number of hydrogen-bond donors (Lipinski definition) is 1. The van der Waals surface area contributed by atoms with E-state index in [9.17, 15) is 4.39 Å². The van der Waals surface area contributed by atoms with Crippen LogP contribution in [0.3, 0.4) is 0 Å². The monoisotopic (exact) mass is 294 g/mol. The van der Waals surface area contributed by atoms with Gasteiger partial charge in [0, 0.05) is 27.2 Å². The summed E-state index contributed by atoms with van der Waals surface area (Å²) in [5, 5.41) is 10.8. The number of halogens is 1. The van der Waals surface area contributed by atoms with Crippen LogP contribution in [0, 0.1) is 5.82 Å². The average Bonchev–Trinajstić information content (AvgIpc) is 2.88. The highest BCUT2D eigenvalue weighted by atomic mass is 19.1. The van der Waals surface area contributed by atoms with E-state index >= 15 is 0 Å². The zero-order valence-electron chi connectivity index (χ0n) is 12.2. The number of benzene rings is 1. The van der Waals surface area contributed by atoms with Crippen molar-refractivity contribution in [1.82, 2.24) is 20.3 Å². The molecule has 2 rings (SSSR count). The van der Waals surface area contributed by atoms with Crippen molar-refractivity contribution in [3.63, 3.8) is 0 Å². The topological polar surface area (TPSA) is 61.2 Å². The Morgan fingerprint density at radius 2 is 2.24 bits per heavy atom. The average molecular weight is 294 g/mol. The van der Waals surface area contributed by atoms with Crippen LogP contribution >= 0.6 is 0 Å². The van der Waals surface area contributed by atoms with Crippen molar-refractivity contribution in [2.24, 2.45) is 7.05 Å². The fraction of sp³-hybridized carbons (Fsp3) is 0.429. The standard InChI is InChI=1S/C14H19FN4O2/c1-19-9-12(17-18-19)10-21-14-4-3-11(7-13(14)15)8-16-5-6-20-2/h3-4,7,9,16H,5-6,8,10H2,1-2H3. The molecule has 0 unspecified atom stereocenters. The first-order valence-electron chi connectivity index (χ1n) is 6.65. The number of nitrogens with one attached hydrogen (secondary N) is 1. The van der Waals surface area contributed by atoms with Crippen LogP contribution in [0.25, 0.3) is 0 Å². The van der Waals surface area contributed by atoms with E-state index < -0.39 is 0 Å². The van der Waals surface area contributed by atoms with Crippen LogP contribution in [0.5, 0.6) is 5.75 Å². The van der Waals surface area contributed by atoms with Gasteiger partial charge in [0.25, 0.3) is 0 Å². The van der Waals surface area contributed by atoms with E-state index in [1.807, 2.05) is 6.07 Å². The van der Waals surface area contributed by atoms with Gasteiger partial charge in [-0.25, -0.2) is 4.39 Å². The molecule has 1 aromatic carbocycles. The maximum atomic E-state index is 13.9. The van der Waals surface area contributed by atoms with Gasteiger partial charge in [0.2, 0.25) is 0 Å². The Balaban J connectivity index is 1.86. The van der Waals surface area contributed by atoms with Gasteiger partial charge in [0.15, 0.2) is 11.6 Å². The first-order valence-corrected chi connectivity index (χ1v) is 6.65. The Morgan fingerprint density at radius 3 is 2.90 bits per heavy atom. The van der Waals surface area contributed by atoms with Crippen LogP contribution in [-0.2, 0) is 24.9 Å². The third-order valence-electron chi connectivity index (χ3n) is 2.83. The number of methoxy groups -OCH3 is 1. The largest absolute Gasteiger partial charge is 0.484 e. The predicted molar refractivity (Wildman–Crippen MR) is 75.3 cm³/mol. The minimum absolute atomic E-state index is 0.191. The van der Waals surface area contributed by atoms with Gasteiger partial charge in [-0.15, -0.1) is 5.10 Å². The maximum Gasteiger partial charge on any atom is 0.165 e. The molecule has 2 aromatic rings. The molecular weight excluding hydrogens is 275 g/mol. The molecule has 1 N–H and O–H groups in total. The Morgan fingerprint density at radius 1 is 1.38 bits per heavy atom. The molecule has 114 valence electrons. The van der Waals surface area contributed by atoms with Crippen molar-refractivity contribution in [2.75, 3.05) is 20.3 Å². The Labute approximate surface area is 122 Å². The van der Waals surface area contributed by atoms with Gasteiger partial charge in [-0.05, 0) is 17.7 Å².